The van der Waals surface area contributed by atoms with Gasteiger partial charge in [0.15, 0.2) is 0 Å². The lowest BCUT2D eigenvalue weighted by Gasteiger charge is -2.17. The fraction of sp³-hybridized carbons (Fsp3) is 0.467. The van der Waals surface area contributed by atoms with Crippen LogP contribution in [0.3, 0.4) is 0 Å². The first-order valence-electron chi connectivity index (χ1n) is 6.05. The van der Waals surface area contributed by atoms with Crippen molar-refractivity contribution in [3.63, 3.8) is 0 Å². The third kappa shape index (κ3) is 2.19. The highest BCUT2D eigenvalue weighted by atomic mass is 15.0. The lowest BCUT2D eigenvalue weighted by atomic mass is 9.93. The van der Waals surface area contributed by atoms with Crippen LogP contribution in [0.5, 0.6) is 0 Å². The van der Waals surface area contributed by atoms with Crippen LogP contribution in [0.4, 0.5) is 0 Å². The van der Waals surface area contributed by atoms with Gasteiger partial charge < -0.3 is 4.90 Å². The minimum absolute atomic E-state index is 0.611. The standard InChI is InChI=1S/C15H21N/c1-11(2)13-8-12-6-5-7-15(12)14(9-13)10-16(3)4/h5-6,8-9,11H,7,10H2,1-4H3. The van der Waals surface area contributed by atoms with Crippen LogP contribution in [0.25, 0.3) is 6.08 Å². The van der Waals surface area contributed by atoms with E-state index < -0.39 is 0 Å². The molecular weight excluding hydrogens is 194 g/mol. The monoisotopic (exact) mass is 215 g/mol. The Morgan fingerprint density at radius 1 is 1.25 bits per heavy atom. The van der Waals surface area contributed by atoms with Crippen molar-refractivity contribution in [1.29, 1.82) is 0 Å². The molecule has 0 radical (unpaired) electrons. The van der Waals surface area contributed by atoms with Crippen molar-refractivity contribution in [3.8, 4) is 0 Å². The predicted molar refractivity (Wildman–Crippen MR) is 70.7 cm³/mol. The highest BCUT2D eigenvalue weighted by Gasteiger charge is 2.13. The summed E-state index contributed by atoms with van der Waals surface area (Å²) in [5.41, 5.74) is 5.92. The number of benzene rings is 1. The quantitative estimate of drug-likeness (QED) is 0.746. The summed E-state index contributed by atoms with van der Waals surface area (Å²) in [6.07, 6.45) is 5.64. The molecule has 0 N–H and O–H groups in total. The summed E-state index contributed by atoms with van der Waals surface area (Å²) in [5.74, 6) is 0.611. The van der Waals surface area contributed by atoms with E-state index in [-0.39, 0.29) is 0 Å². The summed E-state index contributed by atoms with van der Waals surface area (Å²) in [6, 6.07) is 4.74. The molecule has 0 unspecified atom stereocenters. The second kappa shape index (κ2) is 4.42. The molecule has 0 amide bonds. The molecule has 2 rings (SSSR count). The van der Waals surface area contributed by atoms with Gasteiger partial charge >= 0.3 is 0 Å². The number of hydrogen-bond donors (Lipinski definition) is 0. The first-order valence-corrected chi connectivity index (χ1v) is 6.05. The van der Waals surface area contributed by atoms with Crippen LogP contribution in [0.15, 0.2) is 18.2 Å². The molecule has 86 valence electrons. The maximum atomic E-state index is 2.39. The molecule has 1 aromatic carbocycles. The first-order chi connectivity index (χ1) is 7.58. The second-order valence-electron chi connectivity index (χ2n) is 5.25. The molecule has 1 heteroatoms. The number of rotatable bonds is 3. The van der Waals surface area contributed by atoms with E-state index in [0.29, 0.717) is 5.92 Å². The number of hydrogen-bond acceptors (Lipinski definition) is 1. The summed E-state index contributed by atoms with van der Waals surface area (Å²) in [4.78, 5) is 2.25. The average Bonchev–Trinajstić information content (AvgIpc) is 2.64. The topological polar surface area (TPSA) is 3.24 Å². The summed E-state index contributed by atoms with van der Waals surface area (Å²) in [5, 5.41) is 0. The van der Waals surface area contributed by atoms with E-state index in [4.69, 9.17) is 0 Å². The van der Waals surface area contributed by atoms with Crippen LogP contribution in [-0.4, -0.2) is 19.0 Å². The van der Waals surface area contributed by atoms with Gasteiger partial charge in [0.05, 0.1) is 0 Å². The molecule has 1 aliphatic carbocycles. The fourth-order valence-corrected chi connectivity index (χ4v) is 2.30. The largest absolute Gasteiger partial charge is 0.305 e. The van der Waals surface area contributed by atoms with Gasteiger partial charge in [0, 0.05) is 6.54 Å². The summed E-state index contributed by atoms with van der Waals surface area (Å²) in [6.45, 7) is 5.57. The lowest BCUT2D eigenvalue weighted by molar-refractivity contribution is 0.401. The number of allylic oxidation sites excluding steroid dienone is 1. The zero-order chi connectivity index (χ0) is 11.7. The van der Waals surface area contributed by atoms with Gasteiger partial charge in [-0.3, -0.25) is 0 Å². The SMILES string of the molecule is CC(C)c1cc2c(c(CN(C)C)c1)CC=C2. The first kappa shape index (κ1) is 11.4. The van der Waals surface area contributed by atoms with Gasteiger partial charge in [0.1, 0.15) is 0 Å². The Bertz CT molecular complexity index is 414. The average molecular weight is 215 g/mol. The minimum atomic E-state index is 0.611. The molecule has 0 saturated carbocycles. The molecule has 0 aliphatic heterocycles. The lowest BCUT2D eigenvalue weighted by Crippen LogP contribution is -2.13. The Kier molecular flexibility index (Phi) is 3.15. The molecule has 0 aromatic heterocycles. The highest BCUT2D eigenvalue weighted by molar-refractivity contribution is 5.63. The minimum Gasteiger partial charge on any atom is -0.305 e. The molecule has 1 aliphatic rings. The van der Waals surface area contributed by atoms with Crippen molar-refractivity contribution in [3.05, 3.63) is 40.5 Å². The molecule has 0 saturated heterocycles. The summed E-state index contributed by atoms with van der Waals surface area (Å²) < 4.78 is 0. The van der Waals surface area contributed by atoms with E-state index >= 15 is 0 Å². The molecule has 0 atom stereocenters. The van der Waals surface area contributed by atoms with Crippen molar-refractivity contribution in [1.82, 2.24) is 4.90 Å². The summed E-state index contributed by atoms with van der Waals surface area (Å²) in [7, 11) is 4.27. The smallest absolute Gasteiger partial charge is 0.0230 e. The van der Waals surface area contributed by atoms with Gasteiger partial charge in [0.2, 0.25) is 0 Å². The zero-order valence-electron chi connectivity index (χ0n) is 10.7. The zero-order valence-corrected chi connectivity index (χ0v) is 10.7. The maximum absolute atomic E-state index is 2.39. The third-order valence-electron chi connectivity index (χ3n) is 3.17. The van der Waals surface area contributed by atoms with Crippen molar-refractivity contribution in [2.45, 2.75) is 32.7 Å². The van der Waals surface area contributed by atoms with Gasteiger partial charge in [-0.25, -0.2) is 0 Å². The second-order valence-corrected chi connectivity index (χ2v) is 5.25. The highest BCUT2D eigenvalue weighted by Crippen LogP contribution is 2.28. The van der Waals surface area contributed by atoms with Crippen LogP contribution in [-0.2, 0) is 13.0 Å². The Hall–Kier alpha value is -1.08. The van der Waals surface area contributed by atoms with E-state index in [0.717, 1.165) is 13.0 Å². The van der Waals surface area contributed by atoms with Crippen molar-refractivity contribution < 1.29 is 0 Å². The van der Waals surface area contributed by atoms with Crippen molar-refractivity contribution in [2.24, 2.45) is 0 Å². The maximum Gasteiger partial charge on any atom is 0.0230 e. The molecule has 1 aromatic rings. The molecule has 0 heterocycles. The van der Waals surface area contributed by atoms with Gasteiger partial charge in [-0.2, -0.15) is 0 Å². The molecular formula is C15H21N. The Morgan fingerprint density at radius 2 is 2.00 bits per heavy atom. The van der Waals surface area contributed by atoms with E-state index in [1.54, 1.807) is 0 Å². The summed E-state index contributed by atoms with van der Waals surface area (Å²) >= 11 is 0. The molecule has 1 nitrogen and oxygen atoms in total. The Labute approximate surface area is 98.8 Å². The van der Waals surface area contributed by atoms with Crippen LogP contribution < -0.4 is 0 Å². The molecule has 0 fully saturated rings. The van der Waals surface area contributed by atoms with Gasteiger partial charge in [-0.1, -0.05) is 38.1 Å². The van der Waals surface area contributed by atoms with Crippen LogP contribution in [0.2, 0.25) is 0 Å². The van der Waals surface area contributed by atoms with Crippen molar-refractivity contribution in [2.75, 3.05) is 14.1 Å². The van der Waals surface area contributed by atoms with E-state index in [1.807, 2.05) is 0 Å². The van der Waals surface area contributed by atoms with Crippen LogP contribution in [0, 0.1) is 0 Å². The van der Waals surface area contributed by atoms with Gasteiger partial charge in [-0.15, -0.1) is 0 Å². The third-order valence-corrected chi connectivity index (χ3v) is 3.17. The Balaban J connectivity index is 2.43. The number of fused-ring (bicyclic) bond motifs is 1. The predicted octanol–water partition coefficient (Wildman–Crippen LogP) is 3.44. The number of nitrogens with zero attached hydrogens (tertiary/aromatic N) is 1. The molecule has 0 spiro atoms. The van der Waals surface area contributed by atoms with Crippen molar-refractivity contribution >= 4 is 6.08 Å². The van der Waals surface area contributed by atoms with E-state index in [1.165, 1.54) is 22.3 Å². The van der Waals surface area contributed by atoms with Gasteiger partial charge in [-0.05, 0) is 48.7 Å². The van der Waals surface area contributed by atoms with E-state index in [2.05, 4.69) is 57.1 Å². The van der Waals surface area contributed by atoms with Crippen LogP contribution >= 0.6 is 0 Å². The van der Waals surface area contributed by atoms with E-state index in [9.17, 15) is 0 Å². The molecule has 16 heavy (non-hydrogen) atoms. The van der Waals surface area contributed by atoms with Crippen LogP contribution in [0.1, 0.15) is 42.0 Å². The van der Waals surface area contributed by atoms with Gasteiger partial charge in [0.25, 0.3) is 0 Å². The fourth-order valence-electron chi connectivity index (χ4n) is 2.30. The molecule has 0 bridgehead atoms. The normalized spacial score (nSPS) is 13.9. The Morgan fingerprint density at radius 3 is 2.62 bits per heavy atom.